The van der Waals surface area contributed by atoms with Gasteiger partial charge in [0.15, 0.2) is 5.78 Å². The Balaban J connectivity index is 1.72. The molecule has 0 radical (unpaired) electrons. The molecule has 2 aliphatic rings. The van der Waals surface area contributed by atoms with Crippen LogP contribution in [-0.2, 0) is 4.79 Å². The Labute approximate surface area is 144 Å². The minimum Gasteiger partial charge on any atom is -0.490 e. The second kappa shape index (κ2) is 6.43. The number of fused-ring (bicyclic) bond motifs is 1. The van der Waals surface area contributed by atoms with Gasteiger partial charge in [0.25, 0.3) is 0 Å². The van der Waals surface area contributed by atoms with Gasteiger partial charge < -0.3 is 15.4 Å². The number of benzene rings is 1. The van der Waals surface area contributed by atoms with Crippen LogP contribution >= 0.6 is 0 Å². The lowest BCUT2D eigenvalue weighted by Gasteiger charge is -2.25. The first kappa shape index (κ1) is 15.4. The molecule has 7 heteroatoms. The zero-order chi connectivity index (χ0) is 17.2. The van der Waals surface area contributed by atoms with Crippen molar-refractivity contribution in [3.63, 3.8) is 0 Å². The molecule has 1 unspecified atom stereocenters. The molecule has 2 heterocycles. The molecule has 1 atom stereocenters. The van der Waals surface area contributed by atoms with Gasteiger partial charge >= 0.3 is 0 Å². The summed E-state index contributed by atoms with van der Waals surface area (Å²) >= 11 is 0. The lowest BCUT2D eigenvalue weighted by molar-refractivity contribution is -0.116. The molecule has 2 aromatic rings. The predicted octanol–water partition coefficient (Wildman–Crippen LogP) is 3.22. The van der Waals surface area contributed by atoms with Crippen LogP contribution in [0.5, 0.6) is 5.75 Å². The van der Waals surface area contributed by atoms with Crippen molar-refractivity contribution in [3.8, 4) is 5.75 Å². The molecule has 25 heavy (non-hydrogen) atoms. The molecule has 1 aliphatic heterocycles. The second-order valence-electron chi connectivity index (χ2n) is 6.00. The summed E-state index contributed by atoms with van der Waals surface area (Å²) in [5.74, 6) is 1.90. The van der Waals surface area contributed by atoms with Crippen LogP contribution in [0.15, 0.2) is 52.8 Å². The van der Waals surface area contributed by atoms with Crippen LogP contribution in [0.25, 0.3) is 0 Å². The Morgan fingerprint density at radius 2 is 2.04 bits per heavy atom. The number of Topliss-reactive ketones (excluding diaryl/α,β-unsaturated/α-hetero) is 1. The Kier molecular flexibility index (Phi) is 3.97. The SMILES string of the molecule is C=CCOc1ccc(C2Nc3nonc3NC3=C2C(=O)CCC3)cc1. The van der Waals surface area contributed by atoms with Gasteiger partial charge in [0, 0.05) is 17.7 Å². The highest BCUT2D eigenvalue weighted by atomic mass is 16.6. The van der Waals surface area contributed by atoms with Gasteiger partial charge in [0.2, 0.25) is 11.6 Å². The van der Waals surface area contributed by atoms with Gasteiger partial charge in [-0.1, -0.05) is 24.8 Å². The van der Waals surface area contributed by atoms with E-state index in [4.69, 9.17) is 9.37 Å². The molecular formula is C18H18N4O3. The van der Waals surface area contributed by atoms with Crippen LogP contribution in [0.4, 0.5) is 11.6 Å². The predicted molar refractivity (Wildman–Crippen MR) is 92.3 cm³/mol. The van der Waals surface area contributed by atoms with Crippen molar-refractivity contribution in [1.82, 2.24) is 10.3 Å². The number of aromatic nitrogens is 2. The maximum absolute atomic E-state index is 12.6. The molecule has 0 amide bonds. The third kappa shape index (κ3) is 2.88. The van der Waals surface area contributed by atoms with Crippen LogP contribution in [0.1, 0.15) is 30.9 Å². The molecule has 1 aromatic heterocycles. The van der Waals surface area contributed by atoms with Crippen LogP contribution in [0.3, 0.4) is 0 Å². The van der Waals surface area contributed by atoms with Gasteiger partial charge in [0.1, 0.15) is 12.4 Å². The fraction of sp³-hybridized carbons (Fsp3) is 0.278. The van der Waals surface area contributed by atoms with E-state index < -0.39 is 0 Å². The minimum absolute atomic E-state index is 0.139. The summed E-state index contributed by atoms with van der Waals surface area (Å²) in [6.07, 6.45) is 3.87. The average molecular weight is 338 g/mol. The van der Waals surface area contributed by atoms with Crippen molar-refractivity contribution < 1.29 is 14.2 Å². The molecule has 1 aromatic carbocycles. The van der Waals surface area contributed by atoms with E-state index >= 15 is 0 Å². The average Bonchev–Trinajstić information content (AvgIpc) is 2.99. The quantitative estimate of drug-likeness (QED) is 0.827. The van der Waals surface area contributed by atoms with Crippen LogP contribution < -0.4 is 15.4 Å². The fourth-order valence-corrected chi connectivity index (χ4v) is 3.21. The Morgan fingerprint density at radius 1 is 1.24 bits per heavy atom. The first-order valence-electron chi connectivity index (χ1n) is 8.22. The summed E-state index contributed by atoms with van der Waals surface area (Å²) in [6.45, 7) is 4.09. The fourth-order valence-electron chi connectivity index (χ4n) is 3.21. The number of allylic oxidation sites excluding steroid dienone is 1. The summed E-state index contributed by atoms with van der Waals surface area (Å²) in [6, 6.07) is 7.35. The molecule has 1 aliphatic carbocycles. The van der Waals surface area contributed by atoms with Crippen molar-refractivity contribution in [3.05, 3.63) is 53.8 Å². The number of hydrogen-bond acceptors (Lipinski definition) is 7. The Bertz CT molecular complexity index is 838. The highest BCUT2D eigenvalue weighted by Crippen LogP contribution is 2.39. The van der Waals surface area contributed by atoms with Crippen molar-refractivity contribution in [2.45, 2.75) is 25.3 Å². The third-order valence-corrected chi connectivity index (χ3v) is 4.36. The van der Waals surface area contributed by atoms with Crippen molar-refractivity contribution in [2.24, 2.45) is 0 Å². The maximum Gasteiger partial charge on any atom is 0.219 e. The number of ketones is 1. The van der Waals surface area contributed by atoms with Crippen LogP contribution in [-0.4, -0.2) is 22.7 Å². The maximum atomic E-state index is 12.6. The lowest BCUT2D eigenvalue weighted by Crippen LogP contribution is -2.23. The number of nitrogens with zero attached hydrogens (tertiary/aromatic N) is 2. The van der Waals surface area contributed by atoms with Gasteiger partial charge in [0.05, 0.1) is 6.04 Å². The number of carbonyl (C=O) groups excluding carboxylic acids is 1. The molecule has 0 saturated carbocycles. The summed E-state index contributed by atoms with van der Waals surface area (Å²) in [4.78, 5) is 12.6. The van der Waals surface area contributed by atoms with Gasteiger partial charge in [-0.05, 0) is 40.9 Å². The van der Waals surface area contributed by atoms with E-state index in [9.17, 15) is 4.79 Å². The van der Waals surface area contributed by atoms with Crippen molar-refractivity contribution in [1.29, 1.82) is 0 Å². The molecule has 4 rings (SSSR count). The highest BCUT2D eigenvalue weighted by molar-refractivity contribution is 6.00. The summed E-state index contributed by atoms with van der Waals surface area (Å²) in [5.41, 5.74) is 2.58. The van der Waals surface area contributed by atoms with E-state index in [2.05, 4.69) is 27.5 Å². The number of nitrogens with one attached hydrogen (secondary N) is 2. The number of hydrogen-bond donors (Lipinski definition) is 2. The van der Waals surface area contributed by atoms with E-state index in [0.717, 1.165) is 35.4 Å². The number of carbonyl (C=O) groups is 1. The Morgan fingerprint density at radius 3 is 2.84 bits per heavy atom. The van der Waals surface area contributed by atoms with E-state index in [1.54, 1.807) is 6.08 Å². The first-order valence-corrected chi connectivity index (χ1v) is 8.22. The molecule has 2 N–H and O–H groups in total. The van der Waals surface area contributed by atoms with Crippen LogP contribution in [0, 0.1) is 0 Å². The number of ether oxygens (including phenoxy) is 1. The second-order valence-corrected chi connectivity index (χ2v) is 6.00. The number of rotatable bonds is 4. The smallest absolute Gasteiger partial charge is 0.219 e. The molecular weight excluding hydrogens is 320 g/mol. The standard InChI is InChI=1S/C18H18N4O3/c1-2-10-24-12-8-6-11(7-9-12)16-15-13(4-3-5-14(15)23)19-17-18(20-16)22-25-21-17/h2,6-9,16H,1,3-5,10H2,(H,19,21)(H,20,22). The van der Waals surface area contributed by atoms with Gasteiger partial charge in [-0.3, -0.25) is 4.79 Å². The third-order valence-electron chi connectivity index (χ3n) is 4.36. The molecule has 0 saturated heterocycles. The highest BCUT2D eigenvalue weighted by Gasteiger charge is 2.33. The lowest BCUT2D eigenvalue weighted by atomic mass is 9.87. The molecule has 0 fully saturated rings. The summed E-state index contributed by atoms with van der Waals surface area (Å²) < 4.78 is 10.3. The molecule has 0 spiro atoms. The Hall–Kier alpha value is -3.09. The van der Waals surface area contributed by atoms with Crippen molar-refractivity contribution in [2.75, 3.05) is 17.2 Å². The van der Waals surface area contributed by atoms with E-state index in [-0.39, 0.29) is 11.8 Å². The monoisotopic (exact) mass is 338 g/mol. The topological polar surface area (TPSA) is 89.3 Å². The molecule has 0 bridgehead atoms. The molecule has 128 valence electrons. The number of anilines is 2. The van der Waals surface area contributed by atoms with E-state index in [1.165, 1.54) is 0 Å². The largest absolute Gasteiger partial charge is 0.490 e. The van der Waals surface area contributed by atoms with Gasteiger partial charge in [-0.15, -0.1) is 0 Å². The summed E-state index contributed by atoms with van der Waals surface area (Å²) in [5, 5.41) is 14.3. The summed E-state index contributed by atoms with van der Waals surface area (Å²) in [7, 11) is 0. The first-order chi connectivity index (χ1) is 12.3. The van der Waals surface area contributed by atoms with Gasteiger partial charge in [-0.2, -0.15) is 0 Å². The van der Waals surface area contributed by atoms with E-state index in [0.29, 0.717) is 24.7 Å². The van der Waals surface area contributed by atoms with Gasteiger partial charge in [-0.25, -0.2) is 4.63 Å². The zero-order valence-corrected chi connectivity index (χ0v) is 13.6. The minimum atomic E-state index is -0.308. The van der Waals surface area contributed by atoms with Crippen LogP contribution in [0.2, 0.25) is 0 Å². The normalized spacial score (nSPS) is 19.2. The van der Waals surface area contributed by atoms with E-state index in [1.807, 2.05) is 24.3 Å². The zero-order valence-electron chi connectivity index (χ0n) is 13.6. The molecule has 7 nitrogen and oxygen atoms in total. The van der Waals surface area contributed by atoms with Crippen molar-refractivity contribution >= 4 is 17.4 Å².